The van der Waals surface area contributed by atoms with Gasteiger partial charge in [0, 0.05) is 34.2 Å². The number of halogens is 1. The van der Waals surface area contributed by atoms with E-state index in [4.69, 9.17) is 0 Å². The fourth-order valence-electron chi connectivity index (χ4n) is 2.46. The minimum Gasteiger partial charge on any atom is -0.335 e. The molecular weight excluding hydrogens is 446 g/mol. The minimum atomic E-state index is -0.470. The molecule has 148 valence electrons. The van der Waals surface area contributed by atoms with E-state index in [0.29, 0.717) is 5.69 Å². The lowest BCUT2D eigenvalue weighted by atomic mass is 10.2. The van der Waals surface area contributed by atoms with Crippen molar-refractivity contribution in [2.45, 2.75) is 24.0 Å². The van der Waals surface area contributed by atoms with E-state index in [9.17, 15) is 19.7 Å². The largest absolute Gasteiger partial charge is 0.335 e. The van der Waals surface area contributed by atoms with E-state index in [1.807, 2.05) is 19.1 Å². The first-order valence-corrected chi connectivity index (χ1v) is 10.1. The van der Waals surface area contributed by atoms with Gasteiger partial charge in [-0.1, -0.05) is 15.9 Å². The van der Waals surface area contributed by atoms with Crippen LogP contribution in [0.1, 0.15) is 12.5 Å². The third-order valence-corrected chi connectivity index (χ3v) is 5.52. The number of rotatable bonds is 7. The number of carbonyl (C=O) groups excluding carboxylic acids is 2. The van der Waals surface area contributed by atoms with Gasteiger partial charge in [0.2, 0.25) is 11.8 Å². The number of aryl methyl sites for hydroxylation is 1. The number of nitro benzene ring substituents is 1. The Morgan fingerprint density at radius 1 is 1.25 bits per heavy atom. The average Bonchev–Trinajstić information content (AvgIpc) is 2.63. The second kappa shape index (κ2) is 9.70. The molecule has 0 radical (unpaired) electrons. The molecule has 0 saturated heterocycles. The maximum Gasteiger partial charge on any atom is 0.269 e. The van der Waals surface area contributed by atoms with Crippen molar-refractivity contribution in [2.24, 2.45) is 0 Å². The fourth-order valence-corrected chi connectivity index (χ4v) is 3.92. The number of thioether (sulfide) groups is 1. The van der Waals surface area contributed by atoms with Crippen LogP contribution >= 0.6 is 27.7 Å². The summed E-state index contributed by atoms with van der Waals surface area (Å²) in [5.74, 6) is -0.486. The number of amides is 2. The van der Waals surface area contributed by atoms with Gasteiger partial charge in [0.15, 0.2) is 0 Å². The molecule has 2 aromatic carbocycles. The van der Waals surface area contributed by atoms with Crippen molar-refractivity contribution >= 4 is 50.9 Å². The molecule has 7 nitrogen and oxygen atoms in total. The number of anilines is 1. The first-order chi connectivity index (χ1) is 13.2. The molecule has 2 aromatic rings. The zero-order chi connectivity index (χ0) is 20.8. The number of likely N-dealkylation sites (N-methyl/N-ethyl adjacent to an activating group) is 1. The van der Waals surface area contributed by atoms with E-state index in [-0.39, 0.29) is 24.0 Å². The molecule has 0 aliphatic heterocycles. The number of nitro groups is 1. The van der Waals surface area contributed by atoms with Crippen LogP contribution in [-0.2, 0) is 9.59 Å². The van der Waals surface area contributed by atoms with Crippen molar-refractivity contribution in [3.8, 4) is 0 Å². The topological polar surface area (TPSA) is 92.6 Å². The zero-order valence-electron chi connectivity index (χ0n) is 15.6. The Labute approximate surface area is 175 Å². The molecule has 0 saturated carbocycles. The number of carbonyl (C=O) groups is 2. The van der Waals surface area contributed by atoms with E-state index in [1.54, 1.807) is 32.2 Å². The lowest BCUT2D eigenvalue weighted by Gasteiger charge is -2.21. The molecule has 0 aliphatic rings. The first-order valence-electron chi connectivity index (χ1n) is 8.39. The Hall–Kier alpha value is -2.39. The quantitative estimate of drug-likeness (QED) is 0.374. The molecule has 0 fully saturated rings. The third-order valence-electron chi connectivity index (χ3n) is 3.93. The summed E-state index contributed by atoms with van der Waals surface area (Å²) in [4.78, 5) is 37.1. The minimum absolute atomic E-state index is 0.000328. The Morgan fingerprint density at radius 2 is 1.89 bits per heavy atom. The predicted molar refractivity (Wildman–Crippen MR) is 114 cm³/mol. The van der Waals surface area contributed by atoms with Gasteiger partial charge in [0.05, 0.1) is 16.7 Å². The average molecular weight is 466 g/mol. The Bertz CT molecular complexity index is 889. The second-order valence-electron chi connectivity index (χ2n) is 6.21. The van der Waals surface area contributed by atoms with Gasteiger partial charge in [-0.3, -0.25) is 19.7 Å². The second-order valence-corrected chi connectivity index (χ2v) is 8.54. The molecule has 2 amide bonds. The SMILES string of the molecule is Cc1cc(Br)ccc1NC(=O)CN(C)C(=O)C(C)Sc1ccc([N+](=O)[O-])cc1. The van der Waals surface area contributed by atoms with Crippen LogP contribution in [0.4, 0.5) is 11.4 Å². The third kappa shape index (κ3) is 6.07. The van der Waals surface area contributed by atoms with Crippen LogP contribution in [0.25, 0.3) is 0 Å². The molecule has 1 unspecified atom stereocenters. The summed E-state index contributed by atoms with van der Waals surface area (Å²) >= 11 is 4.66. The molecule has 1 N–H and O–H groups in total. The van der Waals surface area contributed by atoms with Gasteiger partial charge >= 0.3 is 0 Å². The Balaban J connectivity index is 1.91. The summed E-state index contributed by atoms with van der Waals surface area (Å²) in [5, 5.41) is 13.1. The maximum atomic E-state index is 12.5. The highest BCUT2D eigenvalue weighted by molar-refractivity contribution is 9.10. The standard InChI is InChI=1S/C19H20BrN3O4S/c1-12-10-14(20)4-9-17(12)21-18(24)11-22(3)19(25)13(2)28-16-7-5-15(6-8-16)23(26)27/h4-10,13H,11H2,1-3H3,(H,21,24). The van der Waals surface area contributed by atoms with Gasteiger partial charge in [-0.15, -0.1) is 11.8 Å². The smallest absolute Gasteiger partial charge is 0.269 e. The molecule has 1 atom stereocenters. The Kier molecular flexibility index (Phi) is 7.59. The lowest BCUT2D eigenvalue weighted by Crippen LogP contribution is -2.39. The lowest BCUT2D eigenvalue weighted by molar-refractivity contribution is -0.384. The fraction of sp³-hybridized carbons (Fsp3) is 0.263. The molecule has 2 rings (SSSR count). The highest BCUT2D eigenvalue weighted by Crippen LogP contribution is 2.26. The summed E-state index contributed by atoms with van der Waals surface area (Å²) in [6.07, 6.45) is 0. The van der Waals surface area contributed by atoms with E-state index in [0.717, 1.165) is 14.9 Å². The van der Waals surface area contributed by atoms with Crippen LogP contribution in [0, 0.1) is 17.0 Å². The van der Waals surface area contributed by atoms with Gasteiger partial charge in [-0.25, -0.2) is 0 Å². The predicted octanol–water partition coefficient (Wildman–Crippen LogP) is 4.24. The number of nitrogens with one attached hydrogen (secondary N) is 1. The molecule has 0 heterocycles. The van der Waals surface area contributed by atoms with Crippen LogP contribution in [0.15, 0.2) is 51.8 Å². The first kappa shape index (κ1) is 21.9. The van der Waals surface area contributed by atoms with Crippen LogP contribution in [0.2, 0.25) is 0 Å². The van der Waals surface area contributed by atoms with Crippen LogP contribution in [-0.4, -0.2) is 40.5 Å². The van der Waals surface area contributed by atoms with Crippen LogP contribution < -0.4 is 5.32 Å². The molecular formula is C19H20BrN3O4S. The summed E-state index contributed by atoms with van der Waals surface area (Å²) in [5.41, 5.74) is 1.61. The number of benzene rings is 2. The van der Waals surface area contributed by atoms with Gasteiger partial charge in [0.1, 0.15) is 0 Å². The van der Waals surface area contributed by atoms with Gasteiger partial charge < -0.3 is 10.2 Å². The highest BCUT2D eigenvalue weighted by atomic mass is 79.9. The van der Waals surface area contributed by atoms with Crippen molar-refractivity contribution in [1.82, 2.24) is 4.90 Å². The molecule has 0 aliphatic carbocycles. The van der Waals surface area contributed by atoms with E-state index < -0.39 is 10.2 Å². The summed E-state index contributed by atoms with van der Waals surface area (Å²) < 4.78 is 0.924. The zero-order valence-corrected chi connectivity index (χ0v) is 18.0. The maximum absolute atomic E-state index is 12.5. The van der Waals surface area contributed by atoms with Gasteiger partial charge in [0.25, 0.3) is 5.69 Å². The van der Waals surface area contributed by atoms with Crippen molar-refractivity contribution < 1.29 is 14.5 Å². The van der Waals surface area contributed by atoms with E-state index in [2.05, 4.69) is 21.2 Å². The molecule has 0 aromatic heterocycles. The number of hydrogen-bond acceptors (Lipinski definition) is 5. The van der Waals surface area contributed by atoms with Crippen molar-refractivity contribution in [3.63, 3.8) is 0 Å². The van der Waals surface area contributed by atoms with Gasteiger partial charge in [-0.2, -0.15) is 0 Å². The van der Waals surface area contributed by atoms with E-state index >= 15 is 0 Å². The highest BCUT2D eigenvalue weighted by Gasteiger charge is 2.21. The normalized spacial score (nSPS) is 11.6. The van der Waals surface area contributed by atoms with Crippen molar-refractivity contribution in [1.29, 1.82) is 0 Å². The molecule has 0 spiro atoms. The summed E-state index contributed by atoms with van der Waals surface area (Å²) in [7, 11) is 1.57. The van der Waals surface area contributed by atoms with Crippen molar-refractivity contribution in [2.75, 3.05) is 18.9 Å². The molecule has 9 heteroatoms. The summed E-state index contributed by atoms with van der Waals surface area (Å²) in [6.45, 7) is 3.55. The molecule has 28 heavy (non-hydrogen) atoms. The van der Waals surface area contributed by atoms with Crippen LogP contribution in [0.3, 0.4) is 0 Å². The number of nitrogens with zero attached hydrogens (tertiary/aromatic N) is 2. The number of non-ortho nitro benzene ring substituents is 1. The van der Waals surface area contributed by atoms with Crippen molar-refractivity contribution in [3.05, 3.63) is 62.6 Å². The summed E-state index contributed by atoms with van der Waals surface area (Å²) in [6, 6.07) is 11.5. The van der Waals surface area contributed by atoms with Crippen LogP contribution in [0.5, 0.6) is 0 Å². The van der Waals surface area contributed by atoms with E-state index in [1.165, 1.54) is 28.8 Å². The van der Waals surface area contributed by atoms with Gasteiger partial charge in [-0.05, 0) is 49.7 Å². The molecule has 0 bridgehead atoms. The Morgan fingerprint density at radius 3 is 2.46 bits per heavy atom. The number of hydrogen-bond donors (Lipinski definition) is 1. The monoisotopic (exact) mass is 465 g/mol.